The molecule has 0 heterocycles. The lowest BCUT2D eigenvalue weighted by Crippen LogP contribution is -2.46. The minimum absolute atomic E-state index is 0.306. The molecular weight excluding hydrogens is 268 g/mol. The first-order chi connectivity index (χ1) is 10.1. The van der Waals surface area contributed by atoms with E-state index in [4.69, 9.17) is 5.73 Å². The lowest BCUT2D eigenvalue weighted by atomic mass is 9.94. The molecule has 1 fully saturated rings. The second-order valence-corrected chi connectivity index (χ2v) is 5.59. The van der Waals surface area contributed by atoms with Crippen LogP contribution in [-0.4, -0.2) is 23.0 Å². The molecule has 114 valence electrons. The predicted molar refractivity (Wildman–Crippen MR) is 79.5 cm³/mol. The highest BCUT2D eigenvalue weighted by atomic mass is 16.4. The van der Waals surface area contributed by atoms with Crippen molar-refractivity contribution in [1.82, 2.24) is 5.32 Å². The second kappa shape index (κ2) is 7.22. The first-order valence-electron chi connectivity index (χ1n) is 7.43. The van der Waals surface area contributed by atoms with E-state index in [1.165, 1.54) is 0 Å². The number of carbonyl (C=O) groups is 2. The van der Waals surface area contributed by atoms with Gasteiger partial charge in [-0.05, 0) is 18.4 Å². The van der Waals surface area contributed by atoms with Crippen LogP contribution in [0, 0.1) is 5.92 Å². The van der Waals surface area contributed by atoms with Crippen LogP contribution in [0.4, 0.5) is 0 Å². The Labute approximate surface area is 124 Å². The molecule has 0 aromatic heterocycles. The fourth-order valence-electron chi connectivity index (χ4n) is 2.86. The molecule has 3 atom stereocenters. The van der Waals surface area contributed by atoms with Crippen LogP contribution >= 0.6 is 0 Å². The SMILES string of the molecule is N[C@H](C(=O)NC1CCCCCC1C(=O)O)c1ccccc1. The Bertz CT molecular complexity index is 490. The van der Waals surface area contributed by atoms with E-state index in [2.05, 4.69) is 5.32 Å². The van der Waals surface area contributed by atoms with Gasteiger partial charge >= 0.3 is 5.97 Å². The van der Waals surface area contributed by atoms with Crippen LogP contribution < -0.4 is 11.1 Å². The van der Waals surface area contributed by atoms with Gasteiger partial charge in [-0.3, -0.25) is 9.59 Å². The molecule has 5 nitrogen and oxygen atoms in total. The van der Waals surface area contributed by atoms with E-state index in [1.807, 2.05) is 18.2 Å². The largest absolute Gasteiger partial charge is 0.481 e. The van der Waals surface area contributed by atoms with Gasteiger partial charge in [-0.25, -0.2) is 0 Å². The number of benzene rings is 1. The summed E-state index contributed by atoms with van der Waals surface area (Å²) in [7, 11) is 0. The van der Waals surface area contributed by atoms with Gasteiger partial charge in [-0.15, -0.1) is 0 Å². The minimum Gasteiger partial charge on any atom is -0.481 e. The zero-order valence-corrected chi connectivity index (χ0v) is 12.0. The maximum Gasteiger partial charge on any atom is 0.308 e. The lowest BCUT2D eigenvalue weighted by Gasteiger charge is -2.24. The summed E-state index contributed by atoms with van der Waals surface area (Å²) in [6.07, 6.45) is 4.16. The number of hydrogen-bond donors (Lipinski definition) is 3. The number of aliphatic carboxylic acids is 1. The highest BCUT2D eigenvalue weighted by molar-refractivity contribution is 5.84. The average molecular weight is 290 g/mol. The smallest absolute Gasteiger partial charge is 0.308 e. The monoisotopic (exact) mass is 290 g/mol. The van der Waals surface area contributed by atoms with Crippen molar-refractivity contribution in [1.29, 1.82) is 0 Å². The maximum absolute atomic E-state index is 12.3. The predicted octanol–water partition coefficient (Wildman–Crippen LogP) is 1.84. The molecular formula is C16H22N2O3. The van der Waals surface area contributed by atoms with Crippen LogP contribution in [-0.2, 0) is 9.59 Å². The molecule has 2 unspecified atom stereocenters. The molecule has 1 aromatic carbocycles. The highest BCUT2D eigenvalue weighted by Crippen LogP contribution is 2.24. The molecule has 0 aliphatic heterocycles. The van der Waals surface area contributed by atoms with E-state index < -0.39 is 17.9 Å². The van der Waals surface area contributed by atoms with Gasteiger partial charge in [0, 0.05) is 6.04 Å². The van der Waals surface area contributed by atoms with E-state index in [1.54, 1.807) is 12.1 Å². The number of carbonyl (C=O) groups excluding carboxylic acids is 1. The first-order valence-corrected chi connectivity index (χ1v) is 7.43. The zero-order valence-electron chi connectivity index (χ0n) is 12.0. The third kappa shape index (κ3) is 4.04. The van der Waals surface area contributed by atoms with E-state index in [0.29, 0.717) is 12.8 Å². The third-order valence-corrected chi connectivity index (χ3v) is 4.10. The fourth-order valence-corrected chi connectivity index (χ4v) is 2.86. The Morgan fingerprint density at radius 2 is 1.81 bits per heavy atom. The van der Waals surface area contributed by atoms with Gasteiger partial charge in [0.2, 0.25) is 5.91 Å². The third-order valence-electron chi connectivity index (χ3n) is 4.10. The normalized spacial score (nSPS) is 23.9. The Hall–Kier alpha value is -1.88. The Morgan fingerprint density at radius 3 is 2.48 bits per heavy atom. The first kappa shape index (κ1) is 15.5. The molecule has 1 saturated carbocycles. The van der Waals surface area contributed by atoms with E-state index in [0.717, 1.165) is 24.8 Å². The number of nitrogens with two attached hydrogens (primary N) is 1. The number of nitrogens with one attached hydrogen (secondary N) is 1. The van der Waals surface area contributed by atoms with Crippen molar-refractivity contribution in [3.05, 3.63) is 35.9 Å². The molecule has 0 saturated heterocycles. The Kier molecular flexibility index (Phi) is 5.33. The summed E-state index contributed by atoms with van der Waals surface area (Å²) >= 11 is 0. The van der Waals surface area contributed by atoms with Crippen LogP contribution in [0.5, 0.6) is 0 Å². The summed E-state index contributed by atoms with van der Waals surface area (Å²) < 4.78 is 0. The summed E-state index contributed by atoms with van der Waals surface area (Å²) in [5.41, 5.74) is 6.69. The van der Waals surface area contributed by atoms with E-state index >= 15 is 0 Å². The van der Waals surface area contributed by atoms with Crippen LogP contribution in [0.3, 0.4) is 0 Å². The molecule has 21 heavy (non-hydrogen) atoms. The van der Waals surface area contributed by atoms with Crippen LogP contribution in [0.15, 0.2) is 30.3 Å². The maximum atomic E-state index is 12.3. The molecule has 4 N–H and O–H groups in total. The number of carboxylic acid groups (broad SMARTS) is 1. The number of carboxylic acids is 1. The van der Waals surface area contributed by atoms with Crippen molar-refractivity contribution >= 4 is 11.9 Å². The quantitative estimate of drug-likeness (QED) is 0.738. The van der Waals surface area contributed by atoms with Crippen LogP contribution in [0.2, 0.25) is 0 Å². The molecule has 1 amide bonds. The number of rotatable bonds is 4. The van der Waals surface area contributed by atoms with Crippen molar-refractivity contribution in [3.63, 3.8) is 0 Å². The number of amides is 1. The lowest BCUT2D eigenvalue weighted by molar-refractivity contribution is -0.143. The minimum atomic E-state index is -0.838. The van der Waals surface area contributed by atoms with Gasteiger partial charge in [0.05, 0.1) is 5.92 Å². The molecule has 5 heteroatoms. The summed E-state index contributed by atoms with van der Waals surface area (Å²) in [6.45, 7) is 0. The van der Waals surface area contributed by atoms with E-state index in [-0.39, 0.29) is 11.9 Å². The standard InChI is InChI=1S/C16H22N2O3/c17-14(11-7-3-1-4-8-11)15(19)18-13-10-6-2-5-9-12(13)16(20)21/h1,3-4,7-8,12-14H,2,5-6,9-10,17H2,(H,18,19)(H,20,21)/t12?,13?,14-/m0/s1. The Morgan fingerprint density at radius 1 is 1.14 bits per heavy atom. The van der Waals surface area contributed by atoms with Crippen molar-refractivity contribution in [3.8, 4) is 0 Å². The molecule has 1 aromatic rings. The molecule has 0 bridgehead atoms. The summed E-state index contributed by atoms with van der Waals surface area (Å²) in [4.78, 5) is 23.6. The topological polar surface area (TPSA) is 92.4 Å². The molecule has 2 rings (SSSR count). The van der Waals surface area contributed by atoms with Gasteiger partial charge in [-0.1, -0.05) is 49.6 Å². The summed E-state index contributed by atoms with van der Waals surface area (Å²) in [6, 6.07) is 8.02. The average Bonchev–Trinajstić information content (AvgIpc) is 2.72. The van der Waals surface area contributed by atoms with E-state index in [9.17, 15) is 14.7 Å². The fraction of sp³-hybridized carbons (Fsp3) is 0.500. The van der Waals surface area contributed by atoms with Gasteiger partial charge in [-0.2, -0.15) is 0 Å². The van der Waals surface area contributed by atoms with Crippen molar-refractivity contribution in [2.75, 3.05) is 0 Å². The zero-order chi connectivity index (χ0) is 15.2. The van der Waals surface area contributed by atoms with Crippen molar-refractivity contribution in [2.45, 2.75) is 44.2 Å². The Balaban J connectivity index is 2.04. The molecule has 1 aliphatic carbocycles. The summed E-state index contributed by atoms with van der Waals surface area (Å²) in [5, 5.41) is 12.2. The number of hydrogen-bond acceptors (Lipinski definition) is 3. The highest BCUT2D eigenvalue weighted by Gasteiger charge is 2.31. The van der Waals surface area contributed by atoms with Crippen molar-refractivity contribution < 1.29 is 14.7 Å². The van der Waals surface area contributed by atoms with Gasteiger partial charge in [0.1, 0.15) is 6.04 Å². The summed E-state index contributed by atoms with van der Waals surface area (Å²) in [5.74, 6) is -1.66. The van der Waals surface area contributed by atoms with Crippen molar-refractivity contribution in [2.24, 2.45) is 11.7 Å². The molecule has 0 spiro atoms. The van der Waals surface area contributed by atoms with Gasteiger partial charge < -0.3 is 16.2 Å². The molecule has 1 aliphatic rings. The van der Waals surface area contributed by atoms with Gasteiger partial charge in [0.15, 0.2) is 0 Å². The van der Waals surface area contributed by atoms with Gasteiger partial charge in [0.25, 0.3) is 0 Å². The second-order valence-electron chi connectivity index (χ2n) is 5.59. The van der Waals surface area contributed by atoms with Crippen LogP contribution in [0.25, 0.3) is 0 Å². The van der Waals surface area contributed by atoms with Crippen LogP contribution in [0.1, 0.15) is 43.7 Å². The molecule has 0 radical (unpaired) electrons.